The molecule has 1 unspecified atom stereocenters. The normalized spacial score (nSPS) is 13.8. The van der Waals surface area contributed by atoms with Crippen molar-refractivity contribution in [2.75, 3.05) is 0 Å². The zero-order valence-electron chi connectivity index (χ0n) is 9.21. The number of aromatic nitrogens is 1. The van der Waals surface area contributed by atoms with Gasteiger partial charge in [-0.1, -0.05) is 28.1 Å². The van der Waals surface area contributed by atoms with Crippen LogP contribution in [0.4, 0.5) is 13.2 Å². The summed E-state index contributed by atoms with van der Waals surface area (Å²) in [6, 6.07) is 5.68. The largest absolute Gasteiger partial charge is 0.390 e. The van der Waals surface area contributed by atoms with Crippen LogP contribution in [-0.4, -0.2) is 11.2 Å². The number of alkyl halides is 3. The summed E-state index contributed by atoms with van der Waals surface area (Å²) in [4.78, 5) is 4.12. The summed E-state index contributed by atoms with van der Waals surface area (Å²) in [7, 11) is 0. The lowest BCUT2D eigenvalue weighted by molar-refractivity contribution is -0.138. The van der Waals surface area contributed by atoms with Crippen LogP contribution >= 0.6 is 15.9 Å². The van der Waals surface area contributed by atoms with E-state index in [0.29, 0.717) is 11.1 Å². The molecule has 0 aliphatic heterocycles. The summed E-state index contributed by atoms with van der Waals surface area (Å²) in [5, 5.41) is 0.757. The van der Waals surface area contributed by atoms with Crippen LogP contribution < -0.4 is 5.73 Å². The van der Waals surface area contributed by atoms with Gasteiger partial charge in [-0.25, -0.2) is 0 Å². The number of halogens is 4. The lowest BCUT2D eigenvalue weighted by atomic mass is 10.0. The molecule has 0 radical (unpaired) electrons. The van der Waals surface area contributed by atoms with Crippen molar-refractivity contribution < 1.29 is 13.2 Å². The van der Waals surface area contributed by atoms with E-state index in [1.165, 1.54) is 0 Å². The average molecular weight is 319 g/mol. The van der Waals surface area contributed by atoms with Crippen LogP contribution in [0, 0.1) is 0 Å². The summed E-state index contributed by atoms with van der Waals surface area (Å²) in [5.74, 6) is 0. The minimum absolute atomic E-state index is 0.408. The Bertz CT molecular complexity index is 569. The predicted molar refractivity (Wildman–Crippen MR) is 67.0 cm³/mol. The van der Waals surface area contributed by atoms with Crippen LogP contribution in [0.25, 0.3) is 10.9 Å². The number of nitrogens with zero attached hydrogens (tertiary/aromatic N) is 1. The summed E-state index contributed by atoms with van der Waals surface area (Å²) >= 11 is 3.34. The molecule has 2 N–H and O–H groups in total. The first-order valence-corrected chi connectivity index (χ1v) is 6.03. The van der Waals surface area contributed by atoms with E-state index in [-0.39, 0.29) is 0 Å². The van der Waals surface area contributed by atoms with E-state index in [4.69, 9.17) is 5.73 Å². The van der Waals surface area contributed by atoms with Gasteiger partial charge >= 0.3 is 6.18 Å². The summed E-state index contributed by atoms with van der Waals surface area (Å²) < 4.78 is 37.9. The second kappa shape index (κ2) is 4.85. The molecule has 0 aliphatic rings. The number of fused-ring (bicyclic) bond motifs is 1. The van der Waals surface area contributed by atoms with Gasteiger partial charge in [0.05, 0.1) is 11.9 Å². The molecule has 0 saturated carbocycles. The van der Waals surface area contributed by atoms with E-state index >= 15 is 0 Å². The van der Waals surface area contributed by atoms with Gasteiger partial charge in [-0.05, 0) is 17.7 Å². The lowest BCUT2D eigenvalue weighted by Gasteiger charge is -2.16. The van der Waals surface area contributed by atoms with Crippen molar-refractivity contribution in [2.24, 2.45) is 5.73 Å². The SMILES string of the molecule is NC(CC(F)(F)F)c1ccc(Br)c2cccnc12. The number of hydrogen-bond donors (Lipinski definition) is 1. The monoisotopic (exact) mass is 318 g/mol. The average Bonchev–Trinajstić information content (AvgIpc) is 2.27. The zero-order chi connectivity index (χ0) is 13.3. The second-order valence-electron chi connectivity index (χ2n) is 3.96. The number of nitrogens with two attached hydrogens (primary N) is 1. The van der Waals surface area contributed by atoms with Gasteiger partial charge in [0.15, 0.2) is 0 Å². The Morgan fingerprint density at radius 1 is 1.28 bits per heavy atom. The van der Waals surface area contributed by atoms with Gasteiger partial charge in [-0.15, -0.1) is 0 Å². The molecule has 2 rings (SSSR count). The molecule has 1 aromatic heterocycles. The standard InChI is InChI=1S/C12H10BrF3N2/c13-9-4-3-8(10(17)6-12(14,15)16)11-7(9)2-1-5-18-11/h1-5,10H,6,17H2. The first kappa shape index (κ1) is 13.3. The van der Waals surface area contributed by atoms with Gasteiger partial charge in [0.25, 0.3) is 0 Å². The van der Waals surface area contributed by atoms with Crippen molar-refractivity contribution in [3.8, 4) is 0 Å². The minimum atomic E-state index is -4.28. The molecule has 1 atom stereocenters. The summed E-state index contributed by atoms with van der Waals surface area (Å²) in [6.07, 6.45) is -3.80. The Labute approximate surface area is 110 Å². The molecule has 0 amide bonds. The molecular formula is C12H10BrF3N2. The molecule has 96 valence electrons. The summed E-state index contributed by atoms with van der Waals surface area (Å²) in [5.41, 5.74) is 6.53. The van der Waals surface area contributed by atoms with Crippen LogP contribution in [0.15, 0.2) is 34.9 Å². The highest BCUT2D eigenvalue weighted by molar-refractivity contribution is 9.10. The molecule has 18 heavy (non-hydrogen) atoms. The molecule has 6 heteroatoms. The third kappa shape index (κ3) is 2.81. The Hall–Kier alpha value is -1.14. The quantitative estimate of drug-likeness (QED) is 0.910. The third-order valence-electron chi connectivity index (χ3n) is 2.60. The summed E-state index contributed by atoms with van der Waals surface area (Å²) in [6.45, 7) is 0. The fourth-order valence-corrected chi connectivity index (χ4v) is 2.27. The molecule has 1 aromatic carbocycles. The van der Waals surface area contributed by atoms with Crippen LogP contribution in [0.5, 0.6) is 0 Å². The van der Waals surface area contributed by atoms with Gasteiger partial charge < -0.3 is 5.73 Å². The number of benzene rings is 1. The van der Waals surface area contributed by atoms with Gasteiger partial charge in [0, 0.05) is 22.1 Å². The van der Waals surface area contributed by atoms with E-state index in [1.54, 1.807) is 30.5 Å². The minimum Gasteiger partial charge on any atom is -0.324 e. The highest BCUT2D eigenvalue weighted by atomic mass is 79.9. The fraction of sp³-hybridized carbons (Fsp3) is 0.250. The maximum absolute atomic E-state index is 12.4. The highest BCUT2D eigenvalue weighted by Crippen LogP contribution is 2.33. The smallest absolute Gasteiger partial charge is 0.324 e. The van der Waals surface area contributed by atoms with Gasteiger partial charge in [-0.3, -0.25) is 4.98 Å². The lowest BCUT2D eigenvalue weighted by Crippen LogP contribution is -2.20. The molecule has 0 bridgehead atoms. The maximum atomic E-state index is 12.4. The van der Waals surface area contributed by atoms with Gasteiger partial charge in [-0.2, -0.15) is 13.2 Å². The van der Waals surface area contributed by atoms with Crippen molar-refractivity contribution in [3.05, 3.63) is 40.5 Å². The predicted octanol–water partition coefficient (Wildman–Crippen LogP) is 3.95. The second-order valence-corrected chi connectivity index (χ2v) is 4.82. The van der Waals surface area contributed by atoms with Gasteiger partial charge in [0.1, 0.15) is 0 Å². The van der Waals surface area contributed by atoms with Crippen LogP contribution in [0.2, 0.25) is 0 Å². The van der Waals surface area contributed by atoms with Crippen molar-refractivity contribution in [2.45, 2.75) is 18.6 Å². The molecule has 2 aromatic rings. The molecular weight excluding hydrogens is 309 g/mol. The van der Waals surface area contributed by atoms with E-state index in [2.05, 4.69) is 20.9 Å². The Kier molecular flexibility index (Phi) is 3.59. The highest BCUT2D eigenvalue weighted by Gasteiger charge is 2.31. The first-order chi connectivity index (χ1) is 8.38. The third-order valence-corrected chi connectivity index (χ3v) is 3.29. The molecule has 1 heterocycles. The fourth-order valence-electron chi connectivity index (χ4n) is 1.82. The maximum Gasteiger partial charge on any atom is 0.390 e. The van der Waals surface area contributed by atoms with Gasteiger partial charge in [0.2, 0.25) is 0 Å². The number of rotatable bonds is 2. The Morgan fingerprint density at radius 3 is 2.67 bits per heavy atom. The van der Waals surface area contributed by atoms with Crippen LogP contribution in [0.3, 0.4) is 0 Å². The van der Waals surface area contributed by atoms with Crippen molar-refractivity contribution in [1.29, 1.82) is 0 Å². The topological polar surface area (TPSA) is 38.9 Å². The van der Waals surface area contributed by atoms with E-state index in [0.717, 1.165) is 9.86 Å². The van der Waals surface area contributed by atoms with E-state index in [1.807, 2.05) is 0 Å². The molecule has 0 fully saturated rings. The first-order valence-electron chi connectivity index (χ1n) is 5.24. The Balaban J connectivity index is 2.49. The van der Waals surface area contributed by atoms with Crippen molar-refractivity contribution in [1.82, 2.24) is 4.98 Å². The molecule has 2 nitrogen and oxygen atoms in total. The molecule has 0 aliphatic carbocycles. The van der Waals surface area contributed by atoms with Crippen molar-refractivity contribution in [3.63, 3.8) is 0 Å². The van der Waals surface area contributed by atoms with E-state index < -0.39 is 18.6 Å². The van der Waals surface area contributed by atoms with E-state index in [9.17, 15) is 13.2 Å². The van der Waals surface area contributed by atoms with Crippen LogP contribution in [0.1, 0.15) is 18.0 Å². The molecule has 0 spiro atoms. The van der Waals surface area contributed by atoms with Crippen molar-refractivity contribution >= 4 is 26.8 Å². The number of hydrogen-bond acceptors (Lipinski definition) is 2. The van der Waals surface area contributed by atoms with Crippen LogP contribution in [-0.2, 0) is 0 Å². The molecule has 0 saturated heterocycles. The zero-order valence-corrected chi connectivity index (χ0v) is 10.8. The Morgan fingerprint density at radius 2 is 2.00 bits per heavy atom. The number of pyridine rings is 1.